The molecule has 88 valence electrons. The zero-order valence-electron chi connectivity index (χ0n) is 9.01. The molecule has 1 aromatic carbocycles. The first-order valence-corrected chi connectivity index (χ1v) is 5.38. The van der Waals surface area contributed by atoms with Crippen LogP contribution in [0.1, 0.15) is 30.4 Å². The zero-order chi connectivity index (χ0) is 11.8. The van der Waals surface area contributed by atoms with Gasteiger partial charge in [-0.1, -0.05) is 18.2 Å². The van der Waals surface area contributed by atoms with Crippen LogP contribution in [-0.4, -0.2) is 12.6 Å². The summed E-state index contributed by atoms with van der Waals surface area (Å²) in [6.07, 6.45) is -3.48. The number of hydrogen-bond acceptors (Lipinski definition) is 1. The van der Waals surface area contributed by atoms with Gasteiger partial charge in [-0.15, -0.1) is 0 Å². The van der Waals surface area contributed by atoms with Crippen LogP contribution < -0.4 is 5.32 Å². The zero-order valence-corrected chi connectivity index (χ0v) is 9.01. The Morgan fingerprint density at radius 2 is 1.94 bits per heavy atom. The lowest BCUT2D eigenvalue weighted by atomic mass is 9.92. The first-order chi connectivity index (χ1) is 7.48. The number of benzene rings is 1. The van der Waals surface area contributed by atoms with Gasteiger partial charge in [0.05, 0.1) is 5.56 Å². The monoisotopic (exact) mass is 229 g/mol. The summed E-state index contributed by atoms with van der Waals surface area (Å²) in [5.74, 6) is -0.0205. The minimum atomic E-state index is -4.25. The van der Waals surface area contributed by atoms with Crippen molar-refractivity contribution in [2.45, 2.75) is 31.5 Å². The van der Waals surface area contributed by atoms with E-state index >= 15 is 0 Å². The van der Waals surface area contributed by atoms with E-state index in [2.05, 4.69) is 5.32 Å². The highest BCUT2D eigenvalue weighted by Gasteiger charge is 2.36. The number of halogens is 3. The van der Waals surface area contributed by atoms with Gasteiger partial charge in [0.2, 0.25) is 0 Å². The van der Waals surface area contributed by atoms with Gasteiger partial charge in [-0.05, 0) is 30.9 Å². The SMILES string of the molecule is CC1CC(c2ccccc2C(F)(F)F)CN1. The van der Waals surface area contributed by atoms with Crippen LogP contribution in [0.15, 0.2) is 24.3 Å². The Hall–Kier alpha value is -1.03. The topological polar surface area (TPSA) is 12.0 Å². The normalized spacial score (nSPS) is 26.0. The van der Waals surface area contributed by atoms with Crippen LogP contribution in [0, 0.1) is 0 Å². The van der Waals surface area contributed by atoms with Crippen LogP contribution in [0.2, 0.25) is 0 Å². The van der Waals surface area contributed by atoms with E-state index in [-0.39, 0.29) is 5.92 Å². The molecule has 1 N–H and O–H groups in total. The number of hydrogen-bond donors (Lipinski definition) is 1. The Morgan fingerprint density at radius 1 is 1.25 bits per heavy atom. The summed E-state index contributed by atoms with van der Waals surface area (Å²) in [6.45, 7) is 2.63. The Morgan fingerprint density at radius 3 is 2.50 bits per heavy atom. The van der Waals surface area contributed by atoms with Crippen molar-refractivity contribution in [2.75, 3.05) is 6.54 Å². The minimum Gasteiger partial charge on any atom is -0.314 e. The molecule has 1 aromatic rings. The van der Waals surface area contributed by atoms with Gasteiger partial charge in [0.1, 0.15) is 0 Å². The maximum absolute atomic E-state index is 12.8. The molecule has 1 heterocycles. The first kappa shape index (κ1) is 11.5. The molecule has 1 nitrogen and oxygen atoms in total. The van der Waals surface area contributed by atoms with Gasteiger partial charge < -0.3 is 5.32 Å². The molecule has 0 aliphatic carbocycles. The van der Waals surface area contributed by atoms with Crippen LogP contribution in [0.5, 0.6) is 0 Å². The molecule has 4 heteroatoms. The fourth-order valence-electron chi connectivity index (χ4n) is 2.28. The third kappa shape index (κ3) is 2.21. The van der Waals surface area contributed by atoms with Gasteiger partial charge in [-0.2, -0.15) is 13.2 Å². The molecule has 0 amide bonds. The summed E-state index contributed by atoms with van der Waals surface area (Å²) in [6, 6.07) is 6.17. The van der Waals surface area contributed by atoms with E-state index in [9.17, 15) is 13.2 Å². The molecule has 1 saturated heterocycles. The predicted molar refractivity (Wildman–Crippen MR) is 56.3 cm³/mol. The average molecular weight is 229 g/mol. The Balaban J connectivity index is 2.34. The lowest BCUT2D eigenvalue weighted by Crippen LogP contribution is -2.17. The number of alkyl halides is 3. The van der Waals surface area contributed by atoms with Crippen LogP contribution in [0.4, 0.5) is 13.2 Å². The van der Waals surface area contributed by atoms with Crippen molar-refractivity contribution in [3.05, 3.63) is 35.4 Å². The molecule has 1 fully saturated rings. The maximum atomic E-state index is 12.8. The number of rotatable bonds is 1. The summed E-state index contributed by atoms with van der Waals surface area (Å²) < 4.78 is 38.3. The predicted octanol–water partition coefficient (Wildman–Crippen LogP) is 3.17. The van der Waals surface area contributed by atoms with E-state index in [1.165, 1.54) is 12.1 Å². The quantitative estimate of drug-likeness (QED) is 0.780. The van der Waals surface area contributed by atoms with Crippen LogP contribution in [0.25, 0.3) is 0 Å². The van der Waals surface area contributed by atoms with Crippen molar-refractivity contribution in [2.24, 2.45) is 0 Å². The molecule has 0 radical (unpaired) electrons. The molecule has 1 aliphatic rings. The highest BCUT2D eigenvalue weighted by Crippen LogP contribution is 2.37. The number of nitrogens with one attached hydrogen (secondary N) is 1. The fraction of sp³-hybridized carbons (Fsp3) is 0.500. The molecular formula is C12H14F3N. The molecule has 0 saturated carbocycles. The molecule has 0 bridgehead atoms. The summed E-state index contributed by atoms with van der Waals surface area (Å²) >= 11 is 0. The minimum absolute atomic E-state index is 0.0205. The summed E-state index contributed by atoms with van der Waals surface area (Å²) in [7, 11) is 0. The van der Waals surface area contributed by atoms with Crippen LogP contribution in [-0.2, 0) is 6.18 Å². The Bertz CT molecular complexity index is 373. The highest BCUT2D eigenvalue weighted by atomic mass is 19.4. The van der Waals surface area contributed by atoms with Crippen molar-refractivity contribution >= 4 is 0 Å². The fourth-order valence-corrected chi connectivity index (χ4v) is 2.28. The standard InChI is InChI=1S/C12H14F3N/c1-8-6-9(7-16-8)10-4-2-3-5-11(10)12(13,14)15/h2-5,8-9,16H,6-7H2,1H3. The summed E-state index contributed by atoms with van der Waals surface area (Å²) in [4.78, 5) is 0. The molecular weight excluding hydrogens is 215 g/mol. The smallest absolute Gasteiger partial charge is 0.314 e. The van der Waals surface area contributed by atoms with E-state index in [0.717, 1.165) is 6.42 Å². The Kier molecular flexibility index (Phi) is 2.93. The van der Waals surface area contributed by atoms with Crippen molar-refractivity contribution in [3.8, 4) is 0 Å². The summed E-state index contributed by atoms with van der Waals surface area (Å²) in [5.41, 5.74) is -0.0669. The largest absolute Gasteiger partial charge is 0.416 e. The van der Waals surface area contributed by atoms with E-state index < -0.39 is 11.7 Å². The maximum Gasteiger partial charge on any atom is 0.416 e. The van der Waals surface area contributed by atoms with E-state index in [1.54, 1.807) is 12.1 Å². The van der Waals surface area contributed by atoms with Crippen molar-refractivity contribution < 1.29 is 13.2 Å². The molecule has 0 aromatic heterocycles. The van der Waals surface area contributed by atoms with Crippen LogP contribution >= 0.6 is 0 Å². The van der Waals surface area contributed by atoms with E-state index in [0.29, 0.717) is 18.2 Å². The molecule has 2 atom stereocenters. The van der Waals surface area contributed by atoms with Crippen molar-refractivity contribution in [3.63, 3.8) is 0 Å². The third-order valence-electron chi connectivity index (χ3n) is 3.06. The third-order valence-corrected chi connectivity index (χ3v) is 3.06. The second kappa shape index (κ2) is 4.09. The molecule has 0 spiro atoms. The van der Waals surface area contributed by atoms with Crippen LogP contribution in [0.3, 0.4) is 0 Å². The van der Waals surface area contributed by atoms with Gasteiger partial charge >= 0.3 is 6.18 Å². The average Bonchev–Trinajstić information content (AvgIpc) is 2.64. The van der Waals surface area contributed by atoms with Gasteiger partial charge in [-0.3, -0.25) is 0 Å². The van der Waals surface area contributed by atoms with Gasteiger partial charge in [0.25, 0.3) is 0 Å². The lowest BCUT2D eigenvalue weighted by molar-refractivity contribution is -0.138. The van der Waals surface area contributed by atoms with Crippen molar-refractivity contribution in [1.82, 2.24) is 5.32 Å². The van der Waals surface area contributed by atoms with Gasteiger partial charge in [-0.25, -0.2) is 0 Å². The molecule has 2 unspecified atom stereocenters. The molecule has 1 aliphatic heterocycles. The lowest BCUT2D eigenvalue weighted by Gasteiger charge is -2.16. The van der Waals surface area contributed by atoms with Gasteiger partial charge in [0, 0.05) is 12.6 Å². The first-order valence-electron chi connectivity index (χ1n) is 5.38. The van der Waals surface area contributed by atoms with Gasteiger partial charge in [0.15, 0.2) is 0 Å². The molecule has 16 heavy (non-hydrogen) atoms. The second-order valence-corrected chi connectivity index (χ2v) is 4.33. The highest BCUT2D eigenvalue weighted by molar-refractivity contribution is 5.33. The second-order valence-electron chi connectivity index (χ2n) is 4.33. The molecule has 2 rings (SSSR count). The van der Waals surface area contributed by atoms with Crippen molar-refractivity contribution in [1.29, 1.82) is 0 Å². The summed E-state index contributed by atoms with van der Waals surface area (Å²) in [5, 5.41) is 3.18. The Labute approximate surface area is 92.7 Å². The van der Waals surface area contributed by atoms with E-state index in [1.807, 2.05) is 6.92 Å². The van der Waals surface area contributed by atoms with E-state index in [4.69, 9.17) is 0 Å².